The molecule has 0 amide bonds. The third kappa shape index (κ3) is 5.06. The fourth-order valence-corrected chi connectivity index (χ4v) is 3.93. The van der Waals surface area contributed by atoms with Gasteiger partial charge in [-0.25, -0.2) is 8.42 Å². The lowest BCUT2D eigenvalue weighted by atomic mass is 10.0. The van der Waals surface area contributed by atoms with Crippen molar-refractivity contribution in [1.29, 1.82) is 0 Å². The van der Waals surface area contributed by atoms with Crippen molar-refractivity contribution in [2.75, 3.05) is 45.6 Å². The zero-order chi connectivity index (χ0) is 13.4. The quantitative estimate of drug-likeness (QED) is 0.654. The number of nitrogens with one attached hydrogen (secondary N) is 1. The molecular weight excluding hydrogens is 252 g/mol. The van der Waals surface area contributed by atoms with Crippen molar-refractivity contribution in [3.05, 3.63) is 12.7 Å². The van der Waals surface area contributed by atoms with Crippen LogP contribution < -0.4 is 5.32 Å². The van der Waals surface area contributed by atoms with Crippen LogP contribution in [-0.2, 0) is 14.8 Å². The summed E-state index contributed by atoms with van der Waals surface area (Å²) >= 11 is 0. The standard InChI is InChI=1S/C12H24N2O3S/c1-3-7-14(8-9-17-2)18(15,16)11-12-5-4-6-13-10-12/h3,12-13H,1,4-11H2,2H3. The summed E-state index contributed by atoms with van der Waals surface area (Å²) < 4.78 is 31.0. The molecule has 106 valence electrons. The molecule has 6 heteroatoms. The Labute approximate surface area is 110 Å². The molecular formula is C12H24N2O3S. The first kappa shape index (κ1) is 15.6. The summed E-state index contributed by atoms with van der Waals surface area (Å²) in [6.45, 7) is 6.56. The van der Waals surface area contributed by atoms with Crippen LogP contribution >= 0.6 is 0 Å². The summed E-state index contributed by atoms with van der Waals surface area (Å²) in [6, 6.07) is 0. The van der Waals surface area contributed by atoms with E-state index in [9.17, 15) is 8.42 Å². The number of nitrogens with zero attached hydrogens (tertiary/aromatic N) is 1. The molecule has 0 bridgehead atoms. The molecule has 1 atom stereocenters. The maximum absolute atomic E-state index is 12.3. The van der Waals surface area contributed by atoms with Crippen LogP contribution in [0, 0.1) is 5.92 Å². The normalized spacial score (nSPS) is 21.1. The van der Waals surface area contributed by atoms with E-state index < -0.39 is 10.0 Å². The molecule has 1 N–H and O–H groups in total. The van der Waals surface area contributed by atoms with Gasteiger partial charge in [0.15, 0.2) is 0 Å². The van der Waals surface area contributed by atoms with E-state index in [2.05, 4.69) is 11.9 Å². The Bertz CT molecular complexity index is 337. The molecule has 1 fully saturated rings. The Morgan fingerprint density at radius 2 is 2.33 bits per heavy atom. The van der Waals surface area contributed by atoms with E-state index >= 15 is 0 Å². The van der Waals surface area contributed by atoms with Gasteiger partial charge in [-0.2, -0.15) is 4.31 Å². The molecule has 1 rings (SSSR count). The zero-order valence-electron chi connectivity index (χ0n) is 11.1. The highest BCUT2D eigenvalue weighted by molar-refractivity contribution is 7.89. The van der Waals surface area contributed by atoms with Crippen molar-refractivity contribution >= 4 is 10.0 Å². The molecule has 0 saturated carbocycles. The number of rotatable bonds is 8. The Kier molecular flexibility index (Phi) is 6.85. The molecule has 18 heavy (non-hydrogen) atoms. The molecule has 1 unspecified atom stereocenters. The molecule has 5 nitrogen and oxygen atoms in total. The highest BCUT2D eigenvalue weighted by Gasteiger charge is 2.26. The molecule has 0 aliphatic carbocycles. The van der Waals surface area contributed by atoms with Gasteiger partial charge in [-0.05, 0) is 31.8 Å². The average Bonchev–Trinajstić information content (AvgIpc) is 2.35. The van der Waals surface area contributed by atoms with E-state index in [0.717, 1.165) is 25.9 Å². The number of ether oxygens (including phenoxy) is 1. The number of piperidine rings is 1. The van der Waals surface area contributed by atoms with Crippen LogP contribution in [0.3, 0.4) is 0 Å². The van der Waals surface area contributed by atoms with Gasteiger partial charge in [-0.1, -0.05) is 6.08 Å². The van der Waals surface area contributed by atoms with Crippen molar-refractivity contribution in [3.8, 4) is 0 Å². The fourth-order valence-electron chi connectivity index (χ4n) is 2.15. The minimum Gasteiger partial charge on any atom is -0.383 e. The van der Waals surface area contributed by atoms with Crippen molar-refractivity contribution in [3.63, 3.8) is 0 Å². The molecule has 0 spiro atoms. The SMILES string of the molecule is C=CCN(CCOC)S(=O)(=O)CC1CCCNC1. The van der Waals surface area contributed by atoms with Crippen LogP contribution in [0.4, 0.5) is 0 Å². The van der Waals surface area contributed by atoms with Gasteiger partial charge in [-0.15, -0.1) is 6.58 Å². The van der Waals surface area contributed by atoms with Crippen molar-refractivity contribution in [1.82, 2.24) is 9.62 Å². The summed E-state index contributed by atoms with van der Waals surface area (Å²) in [7, 11) is -1.64. The Morgan fingerprint density at radius 3 is 2.89 bits per heavy atom. The monoisotopic (exact) mass is 276 g/mol. The van der Waals surface area contributed by atoms with Crippen LogP contribution in [0.15, 0.2) is 12.7 Å². The molecule has 0 aromatic heterocycles. The van der Waals surface area contributed by atoms with E-state index in [4.69, 9.17) is 4.74 Å². The first-order valence-corrected chi connectivity index (χ1v) is 7.99. The maximum Gasteiger partial charge on any atom is 0.214 e. The summed E-state index contributed by atoms with van der Waals surface area (Å²) in [6.07, 6.45) is 3.66. The largest absolute Gasteiger partial charge is 0.383 e. The van der Waals surface area contributed by atoms with Crippen molar-refractivity contribution in [2.45, 2.75) is 12.8 Å². The number of sulfonamides is 1. The van der Waals surface area contributed by atoms with Crippen LogP contribution in [-0.4, -0.2) is 58.4 Å². The zero-order valence-corrected chi connectivity index (χ0v) is 11.9. The van der Waals surface area contributed by atoms with Crippen LogP contribution in [0.5, 0.6) is 0 Å². The number of methoxy groups -OCH3 is 1. The van der Waals surface area contributed by atoms with Gasteiger partial charge in [-0.3, -0.25) is 0 Å². The van der Waals surface area contributed by atoms with Crippen LogP contribution in [0.2, 0.25) is 0 Å². The first-order valence-electron chi connectivity index (χ1n) is 6.38. The summed E-state index contributed by atoms with van der Waals surface area (Å²) in [5.41, 5.74) is 0. The van der Waals surface area contributed by atoms with Gasteiger partial charge < -0.3 is 10.1 Å². The predicted molar refractivity (Wildman–Crippen MR) is 73.0 cm³/mol. The Hall–Kier alpha value is -0.430. The number of hydrogen-bond acceptors (Lipinski definition) is 4. The maximum atomic E-state index is 12.3. The fraction of sp³-hybridized carbons (Fsp3) is 0.833. The first-order chi connectivity index (χ1) is 8.60. The highest BCUT2D eigenvalue weighted by atomic mass is 32.2. The van der Waals surface area contributed by atoms with Gasteiger partial charge in [0.2, 0.25) is 10.0 Å². The molecule has 0 radical (unpaired) electrons. The second-order valence-electron chi connectivity index (χ2n) is 4.63. The molecule has 1 aliphatic rings. The van der Waals surface area contributed by atoms with E-state index in [1.165, 1.54) is 4.31 Å². The van der Waals surface area contributed by atoms with Gasteiger partial charge in [0.05, 0.1) is 12.4 Å². The summed E-state index contributed by atoms with van der Waals surface area (Å²) in [4.78, 5) is 0. The highest BCUT2D eigenvalue weighted by Crippen LogP contribution is 2.15. The van der Waals surface area contributed by atoms with E-state index in [1.807, 2.05) is 0 Å². The smallest absolute Gasteiger partial charge is 0.214 e. The topological polar surface area (TPSA) is 58.6 Å². The van der Waals surface area contributed by atoms with Crippen LogP contribution in [0.25, 0.3) is 0 Å². The summed E-state index contributed by atoms with van der Waals surface area (Å²) in [5, 5.41) is 3.24. The van der Waals surface area contributed by atoms with E-state index in [1.54, 1.807) is 13.2 Å². The van der Waals surface area contributed by atoms with Gasteiger partial charge >= 0.3 is 0 Å². The van der Waals surface area contributed by atoms with Gasteiger partial charge in [0.1, 0.15) is 0 Å². The van der Waals surface area contributed by atoms with Crippen molar-refractivity contribution < 1.29 is 13.2 Å². The van der Waals surface area contributed by atoms with E-state index in [-0.39, 0.29) is 11.7 Å². The predicted octanol–water partition coefficient (Wildman–Crippen LogP) is 0.450. The minimum atomic E-state index is -3.21. The van der Waals surface area contributed by atoms with Crippen LogP contribution in [0.1, 0.15) is 12.8 Å². The van der Waals surface area contributed by atoms with E-state index in [0.29, 0.717) is 19.7 Å². The summed E-state index contributed by atoms with van der Waals surface area (Å²) in [5.74, 6) is 0.441. The lowest BCUT2D eigenvalue weighted by Crippen LogP contribution is -2.41. The second-order valence-corrected chi connectivity index (χ2v) is 6.64. The lowest BCUT2D eigenvalue weighted by Gasteiger charge is -2.26. The molecule has 1 heterocycles. The lowest BCUT2D eigenvalue weighted by molar-refractivity contribution is 0.181. The Morgan fingerprint density at radius 1 is 1.56 bits per heavy atom. The second kappa shape index (κ2) is 7.89. The van der Waals surface area contributed by atoms with Gasteiger partial charge in [0, 0.05) is 20.2 Å². The van der Waals surface area contributed by atoms with Gasteiger partial charge in [0.25, 0.3) is 0 Å². The van der Waals surface area contributed by atoms with Crippen molar-refractivity contribution in [2.24, 2.45) is 5.92 Å². The third-order valence-electron chi connectivity index (χ3n) is 3.12. The average molecular weight is 276 g/mol. The minimum absolute atomic E-state index is 0.220. The molecule has 1 aliphatic heterocycles. The molecule has 1 saturated heterocycles. The molecule has 0 aromatic carbocycles. The molecule has 0 aromatic rings. The Balaban J connectivity index is 2.58. The third-order valence-corrected chi connectivity index (χ3v) is 5.13. The number of hydrogen-bond donors (Lipinski definition) is 1.